The van der Waals surface area contributed by atoms with Gasteiger partial charge in [-0.2, -0.15) is 12.6 Å². The van der Waals surface area contributed by atoms with Crippen LogP contribution < -0.4 is 10.2 Å². The van der Waals surface area contributed by atoms with E-state index in [2.05, 4.69) is 17.9 Å². The van der Waals surface area contributed by atoms with Gasteiger partial charge in [0.15, 0.2) is 10.7 Å². The van der Waals surface area contributed by atoms with Crippen LogP contribution in [0.25, 0.3) is 0 Å². The zero-order valence-corrected chi connectivity index (χ0v) is 14.2. The Bertz CT molecular complexity index is 602. The highest BCUT2D eigenvalue weighted by atomic mass is 32.2. The quantitative estimate of drug-likeness (QED) is 0.592. The van der Waals surface area contributed by atoms with E-state index >= 15 is 0 Å². The number of benzene rings is 1. The molecule has 1 aromatic carbocycles. The minimum Gasteiger partial charge on any atom is -0.611 e. The molecule has 1 aliphatic rings. The molecule has 0 saturated carbocycles. The van der Waals surface area contributed by atoms with E-state index in [0.29, 0.717) is 11.4 Å². The minimum atomic E-state index is -1.40. The second-order valence-corrected chi connectivity index (χ2v) is 6.85. The van der Waals surface area contributed by atoms with Gasteiger partial charge in [-0.1, -0.05) is 0 Å². The van der Waals surface area contributed by atoms with Gasteiger partial charge in [-0.25, -0.2) is 9.18 Å². The van der Waals surface area contributed by atoms with Crippen molar-refractivity contribution in [1.82, 2.24) is 5.32 Å². The maximum Gasteiger partial charge on any atom is 0.414 e. The number of ether oxygens (including phenoxy) is 1. The van der Waals surface area contributed by atoms with Crippen LogP contribution in [0.4, 0.5) is 14.9 Å². The maximum atomic E-state index is 14.0. The molecule has 2 atom stereocenters. The highest BCUT2D eigenvalue weighted by molar-refractivity contribution is 7.91. The van der Waals surface area contributed by atoms with Gasteiger partial charge in [-0.05, 0) is 30.2 Å². The van der Waals surface area contributed by atoms with Crippen molar-refractivity contribution in [2.45, 2.75) is 17.9 Å². The molecular formula is C14H17FN2O4S2. The zero-order chi connectivity index (χ0) is 17.0. The smallest absolute Gasteiger partial charge is 0.414 e. The molecule has 1 heterocycles. The summed E-state index contributed by atoms with van der Waals surface area (Å²) >= 11 is 2.43. The van der Waals surface area contributed by atoms with E-state index in [4.69, 9.17) is 4.74 Å². The predicted octanol–water partition coefficient (Wildman–Crippen LogP) is 1.32. The summed E-state index contributed by atoms with van der Waals surface area (Å²) < 4.78 is 30.8. The summed E-state index contributed by atoms with van der Waals surface area (Å²) in [7, 11) is 0. The summed E-state index contributed by atoms with van der Waals surface area (Å²) in [4.78, 5) is 24.4. The van der Waals surface area contributed by atoms with Gasteiger partial charge in [0.1, 0.15) is 11.9 Å². The molecule has 0 aromatic heterocycles. The van der Waals surface area contributed by atoms with E-state index in [1.54, 1.807) is 6.92 Å². The highest BCUT2D eigenvalue weighted by Crippen LogP contribution is 2.26. The van der Waals surface area contributed by atoms with Crippen molar-refractivity contribution in [3.8, 4) is 0 Å². The molecule has 6 nitrogen and oxygen atoms in total. The summed E-state index contributed by atoms with van der Waals surface area (Å²) in [6, 6.07) is 4.11. The number of hydrogen-bond donors (Lipinski definition) is 2. The van der Waals surface area contributed by atoms with Crippen LogP contribution in [0, 0.1) is 5.82 Å². The fourth-order valence-corrected chi connectivity index (χ4v) is 3.04. The number of carbonyl (C=O) groups excluding carboxylic acids is 2. The number of anilines is 1. The predicted molar refractivity (Wildman–Crippen MR) is 87.8 cm³/mol. The number of cyclic esters (lactones) is 1. The number of halogens is 1. The van der Waals surface area contributed by atoms with Crippen LogP contribution in [0.2, 0.25) is 0 Å². The Morgan fingerprint density at radius 3 is 2.96 bits per heavy atom. The second kappa shape index (κ2) is 7.89. The average Bonchev–Trinajstić information content (AvgIpc) is 2.92. The van der Waals surface area contributed by atoms with E-state index in [9.17, 15) is 18.5 Å². The summed E-state index contributed by atoms with van der Waals surface area (Å²) in [6.45, 7) is 2.06. The number of thiol groups is 1. The second-order valence-electron chi connectivity index (χ2n) is 4.83. The Morgan fingerprint density at radius 2 is 2.35 bits per heavy atom. The lowest BCUT2D eigenvalue weighted by molar-refractivity contribution is -0.118. The van der Waals surface area contributed by atoms with E-state index in [1.165, 1.54) is 23.1 Å². The van der Waals surface area contributed by atoms with Gasteiger partial charge in [0, 0.05) is 6.07 Å². The molecule has 1 aliphatic heterocycles. The molecule has 1 N–H and O–H groups in total. The van der Waals surface area contributed by atoms with Gasteiger partial charge >= 0.3 is 6.09 Å². The van der Waals surface area contributed by atoms with Gasteiger partial charge in [-0.15, -0.1) is 0 Å². The van der Waals surface area contributed by atoms with Crippen molar-refractivity contribution in [3.05, 3.63) is 24.0 Å². The molecule has 1 aromatic rings. The summed E-state index contributed by atoms with van der Waals surface area (Å²) in [5.41, 5.74) is 0.326. The molecule has 9 heteroatoms. The Balaban J connectivity index is 2.06. The fourth-order valence-electron chi connectivity index (χ4n) is 2.12. The van der Waals surface area contributed by atoms with Crippen molar-refractivity contribution >= 4 is 41.5 Å². The van der Waals surface area contributed by atoms with Crippen molar-refractivity contribution in [3.63, 3.8) is 0 Å². The van der Waals surface area contributed by atoms with Gasteiger partial charge in [0.2, 0.25) is 5.91 Å². The standard InChI is InChI=1S/C14H17FN2O4S2/c1-2-23(20)12-4-3-9(5-11(12)15)17-7-10(21-14(17)19)6-16-13(18)8-22/h3-5,10,22H,2,6-8H2,1H3,(H,16,18)/t10-,23?/m0/s1. The van der Waals surface area contributed by atoms with Crippen LogP contribution in [0.5, 0.6) is 0 Å². The number of carbonyl (C=O) groups is 2. The van der Waals surface area contributed by atoms with Gasteiger partial charge < -0.3 is 14.6 Å². The monoisotopic (exact) mass is 360 g/mol. The lowest BCUT2D eigenvalue weighted by Gasteiger charge is -2.15. The number of nitrogens with one attached hydrogen (secondary N) is 1. The van der Waals surface area contributed by atoms with Gasteiger partial charge in [0.25, 0.3) is 0 Å². The number of amides is 2. The Hall–Kier alpha value is -1.45. The normalized spacial score (nSPS) is 18.7. The van der Waals surface area contributed by atoms with Crippen molar-refractivity contribution in [1.29, 1.82) is 0 Å². The summed E-state index contributed by atoms with van der Waals surface area (Å²) in [5, 5.41) is 2.58. The first-order chi connectivity index (χ1) is 11.0. The molecule has 2 amide bonds. The third-order valence-corrected chi connectivity index (χ3v) is 4.91. The van der Waals surface area contributed by atoms with Crippen LogP contribution in [0.1, 0.15) is 6.92 Å². The zero-order valence-electron chi connectivity index (χ0n) is 12.5. The molecule has 126 valence electrons. The van der Waals surface area contributed by atoms with Crippen LogP contribution in [0.3, 0.4) is 0 Å². The summed E-state index contributed by atoms with van der Waals surface area (Å²) in [5.74, 6) is -0.525. The van der Waals surface area contributed by atoms with Crippen LogP contribution in [0.15, 0.2) is 23.1 Å². The molecule has 2 rings (SSSR count). The number of hydrogen-bond acceptors (Lipinski definition) is 5. The van der Waals surface area contributed by atoms with E-state index < -0.39 is 29.2 Å². The first-order valence-corrected chi connectivity index (χ1v) is 8.95. The van der Waals surface area contributed by atoms with Crippen LogP contribution >= 0.6 is 12.6 Å². The molecule has 0 bridgehead atoms. The van der Waals surface area contributed by atoms with E-state index in [1.807, 2.05) is 0 Å². The Kier molecular flexibility index (Phi) is 6.14. The SMILES string of the molecule is CC[S+]([O-])c1ccc(N2C[C@H](CNC(=O)CS)OC2=O)cc1F. The molecule has 0 spiro atoms. The number of nitrogens with zero attached hydrogens (tertiary/aromatic N) is 1. The molecule has 0 radical (unpaired) electrons. The molecule has 0 aliphatic carbocycles. The molecule has 1 fully saturated rings. The average molecular weight is 360 g/mol. The first kappa shape index (κ1) is 17.9. The molecule has 1 saturated heterocycles. The Morgan fingerprint density at radius 1 is 1.61 bits per heavy atom. The molecule has 1 unspecified atom stereocenters. The fraction of sp³-hybridized carbons (Fsp3) is 0.429. The van der Waals surface area contributed by atoms with Crippen molar-refractivity contribution in [2.24, 2.45) is 0 Å². The van der Waals surface area contributed by atoms with Crippen molar-refractivity contribution in [2.75, 3.05) is 29.5 Å². The summed E-state index contributed by atoms with van der Waals surface area (Å²) in [6.07, 6.45) is -1.13. The van der Waals surface area contributed by atoms with E-state index in [0.717, 1.165) is 0 Å². The van der Waals surface area contributed by atoms with Crippen LogP contribution in [-0.4, -0.2) is 47.3 Å². The third kappa shape index (κ3) is 4.30. The largest absolute Gasteiger partial charge is 0.611 e. The Labute approximate surface area is 142 Å². The van der Waals surface area contributed by atoms with Gasteiger partial charge in [-0.3, -0.25) is 9.69 Å². The van der Waals surface area contributed by atoms with Crippen molar-refractivity contribution < 1.29 is 23.3 Å². The molecule has 23 heavy (non-hydrogen) atoms. The topological polar surface area (TPSA) is 81.7 Å². The first-order valence-electron chi connectivity index (χ1n) is 6.99. The highest BCUT2D eigenvalue weighted by Gasteiger charge is 2.33. The molecular weight excluding hydrogens is 343 g/mol. The van der Waals surface area contributed by atoms with Crippen LogP contribution in [-0.2, 0) is 20.7 Å². The van der Waals surface area contributed by atoms with E-state index in [-0.39, 0.29) is 29.6 Å². The van der Waals surface area contributed by atoms with Gasteiger partial charge in [0.05, 0.1) is 24.5 Å². The lowest BCUT2D eigenvalue weighted by atomic mass is 10.2. The third-order valence-electron chi connectivity index (χ3n) is 3.28. The minimum absolute atomic E-state index is 0.0472. The lowest BCUT2D eigenvalue weighted by Crippen LogP contribution is -2.35. The number of rotatable bonds is 6. The maximum absolute atomic E-state index is 14.0.